The molecule has 3 rings (SSSR count). The van der Waals surface area contributed by atoms with Gasteiger partial charge < -0.3 is 10.6 Å². The van der Waals surface area contributed by atoms with Gasteiger partial charge in [-0.25, -0.2) is 4.39 Å². The van der Waals surface area contributed by atoms with Crippen LogP contribution in [0, 0.1) is 12.7 Å². The number of aryl methyl sites for hydroxylation is 1. The van der Waals surface area contributed by atoms with Crippen molar-refractivity contribution in [1.29, 1.82) is 0 Å². The maximum Gasteiger partial charge on any atom is 0.238 e. The summed E-state index contributed by atoms with van der Waals surface area (Å²) in [7, 11) is 0. The van der Waals surface area contributed by atoms with E-state index in [1.54, 1.807) is 31.2 Å². The molecule has 1 aliphatic rings. The molecule has 2 N–H and O–H groups in total. The minimum absolute atomic E-state index is 0.0485. The van der Waals surface area contributed by atoms with E-state index >= 15 is 0 Å². The van der Waals surface area contributed by atoms with Crippen LogP contribution in [-0.4, -0.2) is 17.1 Å². The fourth-order valence-corrected chi connectivity index (χ4v) is 3.71. The Morgan fingerprint density at radius 3 is 2.88 bits per heavy atom. The second-order valence-electron chi connectivity index (χ2n) is 5.80. The molecule has 2 amide bonds. The number of anilines is 1. The Balaban J connectivity index is 1.58. The highest BCUT2D eigenvalue weighted by molar-refractivity contribution is 8.01. The van der Waals surface area contributed by atoms with Crippen LogP contribution in [0.2, 0.25) is 5.02 Å². The van der Waals surface area contributed by atoms with Gasteiger partial charge in [0.2, 0.25) is 11.8 Å². The molecule has 0 aliphatic carbocycles. The molecule has 0 aromatic heterocycles. The Hall–Kier alpha value is -2.05. The predicted octanol–water partition coefficient (Wildman–Crippen LogP) is 3.91. The van der Waals surface area contributed by atoms with E-state index in [2.05, 4.69) is 10.6 Å². The maximum atomic E-state index is 13.5. The van der Waals surface area contributed by atoms with Crippen LogP contribution in [0.15, 0.2) is 41.3 Å². The van der Waals surface area contributed by atoms with Crippen LogP contribution in [-0.2, 0) is 16.1 Å². The summed E-state index contributed by atoms with van der Waals surface area (Å²) < 4.78 is 13.5. The number of halogens is 2. The van der Waals surface area contributed by atoms with Crippen molar-refractivity contribution in [2.24, 2.45) is 0 Å². The van der Waals surface area contributed by atoms with E-state index in [1.165, 1.54) is 17.8 Å². The number of hydrogen-bond acceptors (Lipinski definition) is 3. The Labute approximate surface area is 154 Å². The first kappa shape index (κ1) is 17.8. The van der Waals surface area contributed by atoms with Crippen molar-refractivity contribution in [2.75, 3.05) is 5.32 Å². The number of nitrogens with one attached hydrogen (secondary N) is 2. The number of thioether (sulfide) groups is 1. The van der Waals surface area contributed by atoms with Crippen molar-refractivity contribution in [3.05, 3.63) is 58.4 Å². The Kier molecular flexibility index (Phi) is 5.30. The normalized spacial score (nSPS) is 16.1. The lowest BCUT2D eigenvalue weighted by Gasteiger charge is -2.23. The molecular weight excluding hydrogens is 363 g/mol. The molecule has 0 fully saturated rings. The third-order valence-corrected chi connectivity index (χ3v) is 5.37. The monoisotopic (exact) mass is 378 g/mol. The molecule has 0 saturated carbocycles. The van der Waals surface area contributed by atoms with E-state index in [0.717, 1.165) is 4.90 Å². The summed E-state index contributed by atoms with van der Waals surface area (Å²) in [5.41, 5.74) is 1.90. The molecule has 25 heavy (non-hydrogen) atoms. The highest BCUT2D eigenvalue weighted by Gasteiger charge is 2.29. The molecule has 2 aromatic carbocycles. The molecule has 0 spiro atoms. The molecule has 1 atom stereocenters. The van der Waals surface area contributed by atoms with Gasteiger partial charge in [0.25, 0.3) is 0 Å². The van der Waals surface area contributed by atoms with Crippen molar-refractivity contribution < 1.29 is 14.0 Å². The zero-order valence-electron chi connectivity index (χ0n) is 13.4. The van der Waals surface area contributed by atoms with E-state index in [-0.39, 0.29) is 30.6 Å². The van der Waals surface area contributed by atoms with Gasteiger partial charge in [0.1, 0.15) is 5.82 Å². The van der Waals surface area contributed by atoms with Gasteiger partial charge in [0.15, 0.2) is 0 Å². The fourth-order valence-electron chi connectivity index (χ4n) is 2.44. The second-order valence-corrected chi connectivity index (χ2v) is 7.48. The van der Waals surface area contributed by atoms with Crippen LogP contribution < -0.4 is 10.6 Å². The van der Waals surface area contributed by atoms with Crippen molar-refractivity contribution in [2.45, 2.75) is 30.0 Å². The summed E-state index contributed by atoms with van der Waals surface area (Å²) in [6.45, 7) is 1.91. The summed E-state index contributed by atoms with van der Waals surface area (Å²) in [5, 5.41) is 5.53. The number of rotatable bonds is 4. The van der Waals surface area contributed by atoms with Gasteiger partial charge in [-0.05, 0) is 42.3 Å². The van der Waals surface area contributed by atoms with Crippen LogP contribution in [0.5, 0.6) is 0 Å². The number of amides is 2. The molecular formula is C18H16ClFN2O2S. The van der Waals surface area contributed by atoms with Crippen molar-refractivity contribution in [1.82, 2.24) is 5.32 Å². The number of fused-ring (bicyclic) bond motifs is 1. The van der Waals surface area contributed by atoms with Crippen molar-refractivity contribution in [3.63, 3.8) is 0 Å². The standard InChI is InChI=1S/C18H16ClFN2O2S/c1-10-2-3-11(6-13(10)20)9-21-17(23)8-16-18(24)22-14-7-12(19)4-5-15(14)25-16/h2-7,16H,8-9H2,1H3,(H,21,23)(H,22,24). The van der Waals surface area contributed by atoms with Gasteiger partial charge in [-0.3, -0.25) is 9.59 Å². The first-order valence-corrected chi connectivity index (χ1v) is 8.97. The summed E-state index contributed by atoms with van der Waals surface area (Å²) in [6, 6.07) is 10.1. The lowest BCUT2D eigenvalue weighted by Crippen LogP contribution is -2.34. The van der Waals surface area contributed by atoms with E-state index < -0.39 is 5.25 Å². The summed E-state index contributed by atoms with van der Waals surface area (Å²) in [4.78, 5) is 25.2. The molecule has 0 radical (unpaired) electrons. The topological polar surface area (TPSA) is 58.2 Å². The average molecular weight is 379 g/mol. The predicted molar refractivity (Wildman–Crippen MR) is 97.3 cm³/mol. The fraction of sp³-hybridized carbons (Fsp3) is 0.222. The Bertz CT molecular complexity index is 844. The minimum atomic E-state index is -0.511. The van der Waals surface area contributed by atoms with Gasteiger partial charge >= 0.3 is 0 Å². The SMILES string of the molecule is Cc1ccc(CNC(=O)CC2Sc3ccc(Cl)cc3NC2=O)cc1F. The van der Waals surface area contributed by atoms with Crippen LogP contribution in [0.4, 0.5) is 10.1 Å². The van der Waals surface area contributed by atoms with E-state index in [4.69, 9.17) is 11.6 Å². The number of hydrogen-bond donors (Lipinski definition) is 2. The summed E-state index contributed by atoms with van der Waals surface area (Å²) in [6.07, 6.45) is 0.0485. The highest BCUT2D eigenvalue weighted by Crippen LogP contribution is 2.38. The van der Waals surface area contributed by atoms with Crippen molar-refractivity contribution in [3.8, 4) is 0 Å². The first-order valence-electron chi connectivity index (χ1n) is 7.71. The third-order valence-electron chi connectivity index (χ3n) is 3.86. The zero-order chi connectivity index (χ0) is 18.0. The van der Waals surface area contributed by atoms with Gasteiger partial charge in [0, 0.05) is 22.9 Å². The number of benzene rings is 2. The van der Waals surface area contributed by atoms with Crippen LogP contribution in [0.1, 0.15) is 17.5 Å². The van der Waals surface area contributed by atoms with E-state index in [1.807, 2.05) is 6.07 Å². The Morgan fingerprint density at radius 2 is 2.12 bits per heavy atom. The lowest BCUT2D eigenvalue weighted by molar-refractivity contribution is -0.124. The van der Waals surface area contributed by atoms with Crippen LogP contribution >= 0.6 is 23.4 Å². The zero-order valence-corrected chi connectivity index (χ0v) is 15.0. The highest BCUT2D eigenvalue weighted by atomic mass is 35.5. The summed E-state index contributed by atoms with van der Waals surface area (Å²) >= 11 is 7.25. The van der Waals surface area contributed by atoms with E-state index in [0.29, 0.717) is 21.8 Å². The molecule has 130 valence electrons. The first-order chi connectivity index (χ1) is 11.9. The third kappa shape index (κ3) is 4.32. The minimum Gasteiger partial charge on any atom is -0.352 e. The number of carbonyl (C=O) groups is 2. The Morgan fingerprint density at radius 1 is 1.32 bits per heavy atom. The van der Waals surface area contributed by atoms with Gasteiger partial charge in [-0.2, -0.15) is 0 Å². The second kappa shape index (κ2) is 7.45. The van der Waals surface area contributed by atoms with E-state index in [9.17, 15) is 14.0 Å². The van der Waals surface area contributed by atoms with Gasteiger partial charge in [-0.15, -0.1) is 11.8 Å². The van der Waals surface area contributed by atoms with Crippen molar-refractivity contribution >= 4 is 40.9 Å². The molecule has 7 heteroatoms. The van der Waals surface area contributed by atoms with Crippen LogP contribution in [0.3, 0.4) is 0 Å². The largest absolute Gasteiger partial charge is 0.352 e. The maximum absolute atomic E-state index is 13.5. The number of carbonyl (C=O) groups excluding carboxylic acids is 2. The molecule has 4 nitrogen and oxygen atoms in total. The lowest BCUT2D eigenvalue weighted by atomic mass is 10.1. The molecule has 1 heterocycles. The summed E-state index contributed by atoms with van der Waals surface area (Å²) in [5.74, 6) is -0.786. The van der Waals surface area contributed by atoms with Gasteiger partial charge in [-0.1, -0.05) is 23.7 Å². The average Bonchev–Trinajstić information content (AvgIpc) is 2.57. The quantitative estimate of drug-likeness (QED) is 0.848. The van der Waals surface area contributed by atoms with Gasteiger partial charge in [0.05, 0.1) is 10.9 Å². The van der Waals surface area contributed by atoms with Crippen LogP contribution in [0.25, 0.3) is 0 Å². The smallest absolute Gasteiger partial charge is 0.238 e. The molecule has 1 aliphatic heterocycles. The molecule has 1 unspecified atom stereocenters. The molecule has 0 saturated heterocycles. The molecule has 0 bridgehead atoms. The molecule has 2 aromatic rings.